The van der Waals surface area contributed by atoms with Crippen LogP contribution in [-0.4, -0.2) is 60.5 Å². The summed E-state index contributed by atoms with van der Waals surface area (Å²) < 4.78 is 0. The Kier molecular flexibility index (Phi) is 7.51. The van der Waals surface area contributed by atoms with Crippen molar-refractivity contribution >= 4 is 51.2 Å². The molecule has 1 aromatic heterocycles. The van der Waals surface area contributed by atoms with Crippen LogP contribution in [0.15, 0.2) is 41.4 Å². The number of aliphatic imine (C=N–C) groups is 1. The third kappa shape index (κ3) is 5.23. The molecule has 3 heterocycles. The van der Waals surface area contributed by atoms with Gasteiger partial charge in [0.2, 0.25) is 5.91 Å². The Morgan fingerprint density at radius 1 is 1.29 bits per heavy atom. The number of hydrogen-bond acceptors (Lipinski definition) is 7. The number of hydrogen-bond donors (Lipinski definition) is 4. The Hall–Kier alpha value is -2.85. The van der Waals surface area contributed by atoms with Gasteiger partial charge in [-0.25, -0.2) is 5.01 Å². The molecular formula is C25H30ClN7OS. The number of nitrogens with one attached hydrogen (secondary N) is 4. The van der Waals surface area contributed by atoms with Gasteiger partial charge in [0.05, 0.1) is 12.1 Å². The fraction of sp³-hybridized carbons (Fsp3) is 0.360. The van der Waals surface area contributed by atoms with Gasteiger partial charge in [0.15, 0.2) is 0 Å². The number of aryl methyl sites for hydroxylation is 1. The smallest absolute Gasteiger partial charge is 0.238 e. The first-order valence-corrected chi connectivity index (χ1v) is 12.7. The average Bonchev–Trinajstić information content (AvgIpc) is 3.01. The molecule has 2 aromatic rings. The lowest BCUT2D eigenvalue weighted by atomic mass is 9.99. The molecule has 1 saturated heterocycles. The molecule has 1 aromatic carbocycles. The number of benzene rings is 1. The highest BCUT2D eigenvalue weighted by Crippen LogP contribution is 2.40. The normalized spacial score (nSPS) is 18.5. The van der Waals surface area contributed by atoms with E-state index < -0.39 is 6.04 Å². The van der Waals surface area contributed by atoms with Gasteiger partial charge >= 0.3 is 0 Å². The number of hydrazine groups is 1. The van der Waals surface area contributed by atoms with Crippen LogP contribution in [0, 0.1) is 24.7 Å². The average molecular weight is 512 g/mol. The first kappa shape index (κ1) is 25.2. The molecule has 2 aliphatic heterocycles. The van der Waals surface area contributed by atoms with Crippen molar-refractivity contribution in [1.82, 2.24) is 15.8 Å². The van der Waals surface area contributed by atoms with E-state index in [0.29, 0.717) is 16.3 Å². The number of piperazine rings is 1. The van der Waals surface area contributed by atoms with Gasteiger partial charge in [0.1, 0.15) is 22.7 Å². The van der Waals surface area contributed by atoms with Crippen LogP contribution < -0.4 is 15.6 Å². The number of amides is 1. The molecule has 0 spiro atoms. The molecule has 2 aliphatic rings. The van der Waals surface area contributed by atoms with Gasteiger partial charge in [-0.2, -0.15) is 0 Å². The van der Waals surface area contributed by atoms with Gasteiger partial charge < -0.3 is 5.32 Å². The molecule has 0 radical (unpaired) electrons. The van der Waals surface area contributed by atoms with Crippen LogP contribution in [0.4, 0.5) is 5.00 Å². The molecule has 1 amide bonds. The Balaban J connectivity index is 1.74. The fourth-order valence-corrected chi connectivity index (χ4v) is 5.62. The summed E-state index contributed by atoms with van der Waals surface area (Å²) in [6.45, 7) is 13.0. The van der Waals surface area contributed by atoms with Crippen molar-refractivity contribution < 1.29 is 4.79 Å². The molecule has 0 saturated carbocycles. The summed E-state index contributed by atoms with van der Waals surface area (Å²) in [7, 11) is 0. The van der Waals surface area contributed by atoms with Crippen LogP contribution in [-0.2, 0) is 4.79 Å². The predicted octanol–water partition coefficient (Wildman–Crippen LogP) is 3.90. The quantitative estimate of drug-likeness (QED) is 0.277. The zero-order valence-electron chi connectivity index (χ0n) is 20.2. The Morgan fingerprint density at radius 2 is 1.94 bits per heavy atom. The van der Waals surface area contributed by atoms with Crippen molar-refractivity contribution in [2.45, 2.75) is 33.2 Å². The van der Waals surface area contributed by atoms with Gasteiger partial charge in [0.25, 0.3) is 0 Å². The van der Waals surface area contributed by atoms with E-state index in [1.54, 1.807) is 11.8 Å². The summed E-state index contributed by atoms with van der Waals surface area (Å²) in [4.78, 5) is 20.5. The number of amidine groups is 2. The zero-order chi connectivity index (χ0) is 25.3. The molecule has 35 heavy (non-hydrogen) atoms. The van der Waals surface area contributed by atoms with E-state index in [-0.39, 0.29) is 24.0 Å². The molecule has 10 heteroatoms. The number of rotatable bonds is 5. The fourth-order valence-electron chi connectivity index (χ4n) is 4.27. The zero-order valence-corrected chi connectivity index (χ0v) is 21.7. The molecule has 4 rings (SSSR count). The molecule has 1 atom stereocenters. The Morgan fingerprint density at radius 3 is 2.57 bits per heavy atom. The Labute approximate surface area is 214 Å². The number of carbonyl (C=O) groups excluding carboxylic acids is 1. The van der Waals surface area contributed by atoms with Crippen LogP contribution in [0.5, 0.6) is 0 Å². The van der Waals surface area contributed by atoms with Crippen LogP contribution >= 0.6 is 22.9 Å². The van der Waals surface area contributed by atoms with Crippen LogP contribution in [0.3, 0.4) is 0 Å². The maximum absolute atomic E-state index is 12.8. The first-order chi connectivity index (χ1) is 16.7. The number of carbonyl (C=O) groups is 1. The molecule has 4 N–H and O–H groups in total. The largest absolute Gasteiger partial charge is 0.314 e. The number of nitrogens with zero attached hydrogens (tertiary/aromatic N) is 3. The van der Waals surface area contributed by atoms with Crippen LogP contribution in [0.1, 0.15) is 34.9 Å². The minimum atomic E-state index is -0.783. The minimum absolute atomic E-state index is 0.0327. The maximum atomic E-state index is 12.8. The molecule has 8 nitrogen and oxygen atoms in total. The number of halogens is 1. The maximum Gasteiger partial charge on any atom is 0.238 e. The topological polar surface area (TPSA) is 108 Å². The predicted molar refractivity (Wildman–Crippen MR) is 145 cm³/mol. The summed E-state index contributed by atoms with van der Waals surface area (Å²) in [6, 6.07) is 6.66. The van der Waals surface area contributed by atoms with E-state index >= 15 is 0 Å². The minimum Gasteiger partial charge on any atom is -0.314 e. The van der Waals surface area contributed by atoms with E-state index in [9.17, 15) is 4.79 Å². The molecule has 0 bridgehead atoms. The van der Waals surface area contributed by atoms with Crippen molar-refractivity contribution in [2.24, 2.45) is 4.99 Å². The standard InChI is InChI=1S/C25H30ClN7OS/c1-14(13-20(34)31-32-11-9-29-10-12-32)22-24(28)33(17(4)27)25-21(15(2)16(3)35-25)23(30-22)18-5-7-19(26)8-6-18/h5-8,22,27-29H,1,9-13H2,2-4H3,(H,31,34)/t22-/m0/s1. The third-order valence-electron chi connectivity index (χ3n) is 6.19. The summed E-state index contributed by atoms with van der Waals surface area (Å²) >= 11 is 7.69. The van der Waals surface area contributed by atoms with E-state index in [2.05, 4.69) is 17.3 Å². The summed E-state index contributed by atoms with van der Waals surface area (Å²) in [5.74, 6) is 0.147. The second-order valence-electron chi connectivity index (χ2n) is 8.76. The van der Waals surface area contributed by atoms with E-state index in [1.165, 1.54) is 11.3 Å². The highest BCUT2D eigenvalue weighted by atomic mass is 35.5. The van der Waals surface area contributed by atoms with E-state index in [4.69, 9.17) is 27.4 Å². The summed E-state index contributed by atoms with van der Waals surface area (Å²) in [5, 5.41) is 24.1. The first-order valence-electron chi connectivity index (χ1n) is 11.5. The van der Waals surface area contributed by atoms with Crippen LogP contribution in [0.2, 0.25) is 5.02 Å². The number of thiophene rings is 1. The van der Waals surface area contributed by atoms with Crippen LogP contribution in [0.25, 0.3) is 0 Å². The van der Waals surface area contributed by atoms with Crippen molar-refractivity contribution in [3.8, 4) is 0 Å². The van der Waals surface area contributed by atoms with Gasteiger partial charge in [-0.05, 0) is 44.0 Å². The van der Waals surface area contributed by atoms with Crippen molar-refractivity contribution in [3.63, 3.8) is 0 Å². The van der Waals surface area contributed by atoms with Gasteiger partial charge in [-0.3, -0.25) is 30.9 Å². The van der Waals surface area contributed by atoms with Crippen molar-refractivity contribution in [2.75, 3.05) is 31.1 Å². The second-order valence-corrected chi connectivity index (χ2v) is 10.4. The molecule has 184 valence electrons. The van der Waals surface area contributed by atoms with E-state index in [0.717, 1.165) is 52.7 Å². The van der Waals surface area contributed by atoms with Gasteiger partial charge in [-0.15, -0.1) is 11.3 Å². The number of fused-ring (bicyclic) bond motifs is 1. The second kappa shape index (κ2) is 10.4. The SMILES string of the molecule is C=C(CC(=O)NN1CCNCC1)[C@@H]1N=C(c2ccc(Cl)cc2)c2c(sc(C)c2C)N(C(C)=N)C1=N. The third-order valence-corrected chi connectivity index (χ3v) is 7.64. The summed E-state index contributed by atoms with van der Waals surface area (Å²) in [6.07, 6.45) is 0.0327. The highest BCUT2D eigenvalue weighted by Gasteiger charge is 2.35. The molecule has 0 aliphatic carbocycles. The lowest BCUT2D eigenvalue weighted by Crippen LogP contribution is -2.52. The van der Waals surface area contributed by atoms with Crippen molar-refractivity contribution in [3.05, 3.63) is 63.0 Å². The molecule has 1 fully saturated rings. The van der Waals surface area contributed by atoms with Crippen molar-refractivity contribution in [1.29, 1.82) is 10.8 Å². The van der Waals surface area contributed by atoms with E-state index in [1.807, 2.05) is 43.1 Å². The Bertz CT molecular complexity index is 1210. The molecule has 0 unspecified atom stereocenters. The lowest BCUT2D eigenvalue weighted by molar-refractivity contribution is -0.125. The number of anilines is 1. The monoisotopic (exact) mass is 511 g/mol. The summed E-state index contributed by atoms with van der Waals surface area (Å²) in [5.41, 5.74) is 6.96. The van der Waals surface area contributed by atoms with Gasteiger partial charge in [0, 0.05) is 47.2 Å². The van der Waals surface area contributed by atoms with Gasteiger partial charge in [-0.1, -0.05) is 30.3 Å². The molecular weight excluding hydrogens is 482 g/mol. The lowest BCUT2D eigenvalue weighted by Gasteiger charge is -2.28. The highest BCUT2D eigenvalue weighted by molar-refractivity contribution is 7.17.